The Morgan fingerprint density at radius 1 is 1.00 bits per heavy atom. The number of benzene rings is 2. The van der Waals surface area contributed by atoms with Crippen LogP contribution in [0, 0.1) is 5.82 Å². The molecule has 0 N–H and O–H groups in total. The summed E-state index contributed by atoms with van der Waals surface area (Å²) in [5, 5.41) is 0. The van der Waals surface area contributed by atoms with Crippen molar-refractivity contribution in [1.29, 1.82) is 0 Å². The lowest BCUT2D eigenvalue weighted by atomic mass is 10.2. The van der Waals surface area contributed by atoms with Crippen LogP contribution in [0.3, 0.4) is 0 Å². The highest BCUT2D eigenvalue weighted by molar-refractivity contribution is 7.88. The average molecular weight is 392 g/mol. The molecule has 0 spiro atoms. The quantitative estimate of drug-likeness (QED) is 0.694. The van der Waals surface area contributed by atoms with Gasteiger partial charge in [-0.3, -0.25) is 4.79 Å². The highest BCUT2D eigenvalue weighted by Gasteiger charge is 2.26. The minimum Gasteiger partial charge on any atom is -0.335 e. The fourth-order valence-electron chi connectivity index (χ4n) is 2.69. The van der Waals surface area contributed by atoms with E-state index in [-0.39, 0.29) is 30.6 Å². The number of hydrogen-bond donors (Lipinski definition) is 0. The van der Waals surface area contributed by atoms with Crippen molar-refractivity contribution in [3.8, 4) is 0 Å². The van der Waals surface area contributed by atoms with Crippen molar-refractivity contribution in [2.75, 3.05) is 12.8 Å². The Kier molecular flexibility index (Phi) is 7.10. The van der Waals surface area contributed by atoms with Gasteiger partial charge in [-0.25, -0.2) is 12.8 Å². The minimum atomic E-state index is -3.69. The van der Waals surface area contributed by atoms with Gasteiger partial charge in [0.05, 0.1) is 12.8 Å². The largest absolute Gasteiger partial charge is 0.335 e. The zero-order valence-corrected chi connectivity index (χ0v) is 16.6. The molecule has 2 rings (SSSR count). The number of amides is 1. The van der Waals surface area contributed by atoms with Crippen LogP contribution in [0.1, 0.15) is 25.0 Å². The zero-order valence-electron chi connectivity index (χ0n) is 15.8. The third kappa shape index (κ3) is 6.15. The molecule has 1 amide bonds. The van der Waals surface area contributed by atoms with Crippen LogP contribution >= 0.6 is 0 Å². The first-order chi connectivity index (χ1) is 12.7. The molecule has 2 aromatic carbocycles. The standard InChI is InChI=1S/C20H25FN2O3S/c1-16(2)23(13-17-9-5-4-6-10-17)20(24)15-22(27(3,25)26)14-18-11-7-8-12-19(18)21/h4-12,16H,13-15H2,1-3H3. The van der Waals surface area contributed by atoms with E-state index in [4.69, 9.17) is 0 Å². The summed E-state index contributed by atoms with van der Waals surface area (Å²) in [6.45, 7) is 3.62. The number of carbonyl (C=O) groups is 1. The van der Waals surface area contributed by atoms with Gasteiger partial charge in [0.25, 0.3) is 0 Å². The van der Waals surface area contributed by atoms with Gasteiger partial charge in [0, 0.05) is 24.7 Å². The van der Waals surface area contributed by atoms with Gasteiger partial charge in [0.1, 0.15) is 5.82 Å². The van der Waals surface area contributed by atoms with E-state index in [9.17, 15) is 17.6 Å². The Morgan fingerprint density at radius 2 is 1.59 bits per heavy atom. The van der Waals surface area contributed by atoms with Crippen LogP contribution in [0.15, 0.2) is 54.6 Å². The summed E-state index contributed by atoms with van der Waals surface area (Å²) in [4.78, 5) is 14.5. The topological polar surface area (TPSA) is 57.7 Å². The Labute approximate surface area is 160 Å². The Hall–Kier alpha value is -2.25. The van der Waals surface area contributed by atoms with E-state index >= 15 is 0 Å². The first kappa shape index (κ1) is 21.1. The van der Waals surface area contributed by atoms with Gasteiger partial charge in [-0.15, -0.1) is 0 Å². The Bertz CT molecular complexity index is 870. The minimum absolute atomic E-state index is 0.104. The van der Waals surface area contributed by atoms with Crippen LogP contribution in [0.4, 0.5) is 4.39 Å². The number of halogens is 1. The van der Waals surface area contributed by atoms with E-state index in [2.05, 4.69) is 0 Å². The van der Waals surface area contributed by atoms with Gasteiger partial charge in [-0.1, -0.05) is 48.5 Å². The molecule has 0 radical (unpaired) electrons. The van der Waals surface area contributed by atoms with Crippen molar-refractivity contribution in [3.05, 3.63) is 71.5 Å². The fraction of sp³-hybridized carbons (Fsp3) is 0.350. The van der Waals surface area contributed by atoms with Gasteiger partial charge >= 0.3 is 0 Å². The van der Waals surface area contributed by atoms with E-state index < -0.39 is 15.8 Å². The van der Waals surface area contributed by atoms with E-state index in [0.29, 0.717) is 6.54 Å². The molecule has 0 saturated heterocycles. The SMILES string of the molecule is CC(C)N(Cc1ccccc1)C(=O)CN(Cc1ccccc1F)S(C)(=O)=O. The monoisotopic (exact) mass is 392 g/mol. The third-order valence-corrected chi connectivity index (χ3v) is 5.42. The van der Waals surface area contributed by atoms with Crippen molar-refractivity contribution in [1.82, 2.24) is 9.21 Å². The van der Waals surface area contributed by atoms with Crippen molar-refractivity contribution in [2.45, 2.75) is 33.0 Å². The summed E-state index contributed by atoms with van der Waals surface area (Å²) in [6, 6.07) is 15.4. The van der Waals surface area contributed by atoms with Crippen LogP contribution < -0.4 is 0 Å². The predicted octanol–water partition coefficient (Wildman–Crippen LogP) is 3.02. The van der Waals surface area contributed by atoms with Crippen molar-refractivity contribution < 1.29 is 17.6 Å². The molecule has 0 aliphatic carbocycles. The van der Waals surface area contributed by atoms with Gasteiger partial charge in [0.2, 0.25) is 15.9 Å². The highest BCUT2D eigenvalue weighted by Crippen LogP contribution is 2.15. The summed E-state index contributed by atoms with van der Waals surface area (Å²) < 4.78 is 39.3. The predicted molar refractivity (Wildman–Crippen MR) is 104 cm³/mol. The number of carbonyl (C=O) groups excluding carboxylic acids is 1. The van der Waals surface area contributed by atoms with Crippen LogP contribution in [0.5, 0.6) is 0 Å². The second kappa shape index (κ2) is 9.10. The number of nitrogens with zero attached hydrogens (tertiary/aromatic N) is 2. The first-order valence-corrected chi connectivity index (χ1v) is 10.5. The number of rotatable bonds is 8. The molecule has 0 aliphatic heterocycles. The normalized spacial score (nSPS) is 11.8. The number of sulfonamides is 1. The summed E-state index contributed by atoms with van der Waals surface area (Å²) in [5.41, 5.74) is 1.19. The van der Waals surface area contributed by atoms with Crippen molar-refractivity contribution in [2.24, 2.45) is 0 Å². The van der Waals surface area contributed by atoms with Gasteiger partial charge in [0.15, 0.2) is 0 Å². The van der Waals surface area contributed by atoms with Crippen molar-refractivity contribution in [3.63, 3.8) is 0 Å². The lowest BCUT2D eigenvalue weighted by molar-refractivity contribution is -0.133. The smallest absolute Gasteiger partial charge is 0.238 e. The molecule has 0 unspecified atom stereocenters. The Balaban J connectivity index is 2.19. The molecular weight excluding hydrogens is 367 g/mol. The van der Waals surface area contributed by atoms with Gasteiger partial charge in [-0.2, -0.15) is 4.31 Å². The molecule has 146 valence electrons. The molecule has 0 heterocycles. The fourth-order valence-corrected chi connectivity index (χ4v) is 3.41. The zero-order chi connectivity index (χ0) is 20.0. The lowest BCUT2D eigenvalue weighted by Gasteiger charge is -2.29. The number of hydrogen-bond acceptors (Lipinski definition) is 3. The summed E-state index contributed by atoms with van der Waals surface area (Å²) >= 11 is 0. The molecule has 0 bridgehead atoms. The molecule has 0 atom stereocenters. The summed E-state index contributed by atoms with van der Waals surface area (Å²) in [6.07, 6.45) is 1.03. The van der Waals surface area contributed by atoms with Crippen molar-refractivity contribution >= 4 is 15.9 Å². The molecule has 0 aliphatic rings. The van der Waals surface area contributed by atoms with Gasteiger partial charge in [-0.05, 0) is 25.5 Å². The summed E-state index contributed by atoms with van der Waals surface area (Å²) in [7, 11) is -3.69. The Morgan fingerprint density at radius 3 is 2.15 bits per heavy atom. The first-order valence-electron chi connectivity index (χ1n) is 8.70. The lowest BCUT2D eigenvalue weighted by Crippen LogP contribution is -2.44. The average Bonchev–Trinajstić information content (AvgIpc) is 2.60. The maximum atomic E-state index is 13.9. The van der Waals surface area contributed by atoms with Crippen LogP contribution in [0.25, 0.3) is 0 Å². The second-order valence-corrected chi connectivity index (χ2v) is 8.71. The summed E-state index contributed by atoms with van der Waals surface area (Å²) in [5.74, 6) is -0.820. The van der Waals surface area contributed by atoms with Crippen LogP contribution in [-0.4, -0.2) is 42.4 Å². The maximum Gasteiger partial charge on any atom is 0.238 e. The molecule has 0 saturated carbocycles. The molecule has 0 aromatic heterocycles. The van der Waals surface area contributed by atoms with Crippen LogP contribution in [0.2, 0.25) is 0 Å². The molecule has 0 fully saturated rings. The molecule has 27 heavy (non-hydrogen) atoms. The van der Waals surface area contributed by atoms with E-state index in [1.165, 1.54) is 18.2 Å². The molecule has 5 nitrogen and oxygen atoms in total. The molecule has 7 heteroatoms. The van der Waals surface area contributed by atoms with Crippen LogP contribution in [-0.2, 0) is 27.9 Å². The van der Waals surface area contributed by atoms with Gasteiger partial charge < -0.3 is 4.90 Å². The highest BCUT2D eigenvalue weighted by atomic mass is 32.2. The van der Waals surface area contributed by atoms with E-state index in [1.807, 2.05) is 44.2 Å². The molecular formula is C20H25FN2O3S. The molecule has 2 aromatic rings. The maximum absolute atomic E-state index is 13.9. The second-order valence-electron chi connectivity index (χ2n) is 6.72. The third-order valence-electron chi connectivity index (χ3n) is 4.22. The van der Waals surface area contributed by atoms with E-state index in [0.717, 1.165) is 16.1 Å². The van der Waals surface area contributed by atoms with E-state index in [1.54, 1.807) is 11.0 Å².